The van der Waals surface area contributed by atoms with E-state index in [2.05, 4.69) is 15.5 Å². The van der Waals surface area contributed by atoms with Crippen molar-refractivity contribution in [2.45, 2.75) is 31.8 Å². The minimum atomic E-state index is -3.57. The maximum Gasteiger partial charge on any atom is 0.387 e. The zero-order valence-electron chi connectivity index (χ0n) is 14.5. The first kappa shape index (κ1) is 18.1. The Kier molecular flexibility index (Phi) is 4.74. The van der Waals surface area contributed by atoms with Crippen LogP contribution in [0, 0.1) is 0 Å². The molecule has 2 aromatic rings. The Morgan fingerprint density at radius 3 is 2.70 bits per heavy atom. The summed E-state index contributed by atoms with van der Waals surface area (Å²) in [6.45, 7) is -2.50. The van der Waals surface area contributed by atoms with Crippen LogP contribution in [0.4, 0.5) is 8.78 Å². The molecule has 0 aliphatic heterocycles. The number of rotatable bonds is 6. The van der Waals surface area contributed by atoms with Crippen LogP contribution >= 0.6 is 0 Å². The summed E-state index contributed by atoms with van der Waals surface area (Å²) in [5.74, 6) is 0.298. The highest BCUT2D eigenvalue weighted by Gasteiger charge is 2.28. The van der Waals surface area contributed by atoms with E-state index in [9.17, 15) is 17.2 Å². The highest BCUT2D eigenvalue weighted by atomic mass is 32.2. The molecule has 0 aromatic heterocycles. The minimum Gasteiger partial charge on any atom is -0.435 e. The fraction of sp³-hybridized carbons (Fsp3) is 0.300. The minimum absolute atomic E-state index is 0.0882. The first-order valence-corrected chi connectivity index (χ1v) is 10.3. The first-order chi connectivity index (χ1) is 12.9. The van der Waals surface area contributed by atoms with Gasteiger partial charge in [-0.25, -0.2) is 13.1 Å². The number of aryl methyl sites for hydroxylation is 1. The van der Waals surface area contributed by atoms with Crippen molar-refractivity contribution in [2.24, 2.45) is 0 Å². The molecule has 1 atom stereocenters. The maximum atomic E-state index is 12.7. The molecule has 7 heteroatoms. The summed E-state index contributed by atoms with van der Waals surface area (Å²) < 4.78 is 57.1. The summed E-state index contributed by atoms with van der Waals surface area (Å²) in [4.78, 5) is 0.324. The van der Waals surface area contributed by atoms with Crippen LogP contribution in [0.3, 0.4) is 0 Å². The van der Waals surface area contributed by atoms with Gasteiger partial charge < -0.3 is 4.74 Å². The standard InChI is InChI=1S/C20H19F2NO3S/c21-20(22)26-17-7-5-14-11-18(8-6-13(14)10-17)27(24,25)23-12-16-9-15-3-1-2-4-19(15)16/h1-5,7,10-11,16,20,23H,6,8-9,12H2/t16-/m0/s1. The molecule has 0 unspecified atom stereocenters. The number of nitrogens with one attached hydrogen (secondary N) is 1. The zero-order valence-corrected chi connectivity index (χ0v) is 15.3. The topological polar surface area (TPSA) is 55.4 Å². The summed E-state index contributed by atoms with van der Waals surface area (Å²) in [7, 11) is -3.57. The van der Waals surface area contributed by atoms with Crippen LogP contribution in [0.5, 0.6) is 5.75 Å². The van der Waals surface area contributed by atoms with Crippen molar-refractivity contribution in [1.29, 1.82) is 0 Å². The normalized spacial score (nSPS) is 18.3. The second kappa shape index (κ2) is 7.05. The predicted octanol–water partition coefficient (Wildman–Crippen LogP) is 3.83. The van der Waals surface area contributed by atoms with Crippen LogP contribution in [0.2, 0.25) is 0 Å². The van der Waals surface area contributed by atoms with E-state index in [-0.39, 0.29) is 11.7 Å². The lowest BCUT2D eigenvalue weighted by atomic mass is 9.78. The third kappa shape index (κ3) is 3.75. The van der Waals surface area contributed by atoms with Gasteiger partial charge in [0.25, 0.3) is 0 Å². The van der Waals surface area contributed by atoms with Gasteiger partial charge >= 0.3 is 6.61 Å². The van der Waals surface area contributed by atoms with Crippen molar-refractivity contribution in [3.63, 3.8) is 0 Å². The SMILES string of the molecule is O=S(=O)(NC[C@@H]1Cc2ccccc21)C1=Cc2ccc(OC(F)F)cc2CC1. The highest BCUT2D eigenvalue weighted by Crippen LogP contribution is 2.35. The van der Waals surface area contributed by atoms with E-state index in [0.29, 0.717) is 24.3 Å². The quantitative estimate of drug-likeness (QED) is 0.814. The van der Waals surface area contributed by atoms with Gasteiger partial charge in [-0.3, -0.25) is 0 Å². The number of benzene rings is 2. The molecule has 4 nitrogen and oxygen atoms in total. The third-order valence-electron chi connectivity index (χ3n) is 5.12. The summed E-state index contributed by atoms with van der Waals surface area (Å²) in [6.07, 6.45) is 3.30. The average Bonchev–Trinajstić information content (AvgIpc) is 2.61. The molecular formula is C20H19F2NO3S. The van der Waals surface area contributed by atoms with Gasteiger partial charge in [-0.2, -0.15) is 8.78 Å². The Balaban J connectivity index is 1.46. The molecule has 0 saturated carbocycles. The number of fused-ring (bicyclic) bond motifs is 2. The van der Waals surface area contributed by atoms with E-state index >= 15 is 0 Å². The molecule has 0 spiro atoms. The Labute approximate surface area is 156 Å². The predicted molar refractivity (Wildman–Crippen MR) is 99.2 cm³/mol. The van der Waals surface area contributed by atoms with Gasteiger partial charge in [-0.05, 0) is 59.7 Å². The van der Waals surface area contributed by atoms with Crippen LogP contribution in [0.15, 0.2) is 47.4 Å². The van der Waals surface area contributed by atoms with Gasteiger partial charge in [-0.15, -0.1) is 0 Å². The largest absolute Gasteiger partial charge is 0.435 e. The fourth-order valence-electron chi connectivity index (χ4n) is 3.68. The van der Waals surface area contributed by atoms with Crippen LogP contribution < -0.4 is 9.46 Å². The fourth-order valence-corrected chi connectivity index (χ4v) is 4.94. The molecule has 0 heterocycles. The molecule has 2 aliphatic rings. The number of sulfonamides is 1. The Morgan fingerprint density at radius 2 is 1.93 bits per heavy atom. The second-order valence-electron chi connectivity index (χ2n) is 6.80. The molecule has 0 saturated heterocycles. The van der Waals surface area contributed by atoms with Gasteiger partial charge in [0, 0.05) is 12.5 Å². The molecule has 27 heavy (non-hydrogen) atoms. The lowest BCUT2D eigenvalue weighted by molar-refractivity contribution is -0.0498. The molecular weight excluding hydrogens is 372 g/mol. The van der Waals surface area contributed by atoms with Crippen molar-refractivity contribution >= 4 is 16.1 Å². The second-order valence-corrected chi connectivity index (χ2v) is 8.62. The van der Waals surface area contributed by atoms with Crippen molar-refractivity contribution in [2.75, 3.05) is 6.54 Å². The summed E-state index contributed by atoms with van der Waals surface area (Å²) in [5, 5.41) is 0. The monoisotopic (exact) mass is 391 g/mol. The molecule has 2 aliphatic carbocycles. The van der Waals surface area contributed by atoms with E-state index in [0.717, 1.165) is 17.5 Å². The molecule has 0 amide bonds. The van der Waals surface area contributed by atoms with Crippen LogP contribution in [0.1, 0.15) is 34.6 Å². The number of halogens is 2. The number of allylic oxidation sites excluding steroid dienone is 1. The number of alkyl halides is 2. The summed E-state index contributed by atoms with van der Waals surface area (Å²) in [6, 6.07) is 12.6. The van der Waals surface area contributed by atoms with Crippen molar-refractivity contribution in [3.05, 3.63) is 69.6 Å². The van der Waals surface area contributed by atoms with Gasteiger partial charge in [0.2, 0.25) is 10.0 Å². The lowest BCUT2D eigenvalue weighted by Gasteiger charge is -2.30. The van der Waals surface area contributed by atoms with Crippen molar-refractivity contribution in [3.8, 4) is 5.75 Å². The Hall–Kier alpha value is -2.25. The maximum absolute atomic E-state index is 12.7. The molecule has 0 bridgehead atoms. The molecule has 4 rings (SSSR count). The van der Waals surface area contributed by atoms with Gasteiger partial charge in [0.15, 0.2) is 0 Å². The highest BCUT2D eigenvalue weighted by molar-refractivity contribution is 7.93. The molecule has 1 N–H and O–H groups in total. The van der Waals surface area contributed by atoms with Gasteiger partial charge in [-0.1, -0.05) is 30.3 Å². The van der Waals surface area contributed by atoms with E-state index in [1.54, 1.807) is 18.2 Å². The summed E-state index contributed by atoms with van der Waals surface area (Å²) in [5.41, 5.74) is 4.00. The van der Waals surface area contributed by atoms with Crippen LogP contribution in [-0.4, -0.2) is 21.6 Å². The van der Waals surface area contributed by atoms with Crippen molar-refractivity contribution < 1.29 is 21.9 Å². The smallest absolute Gasteiger partial charge is 0.387 e. The number of ether oxygens (including phenoxy) is 1. The number of hydrogen-bond acceptors (Lipinski definition) is 3. The van der Waals surface area contributed by atoms with Gasteiger partial charge in [0.1, 0.15) is 5.75 Å². The third-order valence-corrected chi connectivity index (χ3v) is 6.68. The molecule has 0 radical (unpaired) electrons. The van der Waals surface area contributed by atoms with E-state index in [4.69, 9.17) is 0 Å². The lowest BCUT2D eigenvalue weighted by Crippen LogP contribution is -2.34. The molecule has 0 fully saturated rings. The Bertz CT molecular complexity index is 1000. The van der Waals surface area contributed by atoms with E-state index < -0.39 is 16.6 Å². The summed E-state index contributed by atoms with van der Waals surface area (Å²) >= 11 is 0. The molecule has 2 aromatic carbocycles. The first-order valence-electron chi connectivity index (χ1n) is 8.78. The average molecular weight is 391 g/mol. The van der Waals surface area contributed by atoms with Gasteiger partial charge in [0.05, 0.1) is 4.91 Å². The van der Waals surface area contributed by atoms with Crippen molar-refractivity contribution in [1.82, 2.24) is 4.72 Å². The van der Waals surface area contributed by atoms with Crippen LogP contribution in [0.25, 0.3) is 6.08 Å². The molecule has 142 valence electrons. The van der Waals surface area contributed by atoms with E-state index in [1.807, 2.05) is 18.2 Å². The van der Waals surface area contributed by atoms with E-state index in [1.165, 1.54) is 17.2 Å². The van der Waals surface area contributed by atoms with Crippen LogP contribution in [-0.2, 0) is 22.9 Å². The Morgan fingerprint density at radius 1 is 1.11 bits per heavy atom. The zero-order chi connectivity index (χ0) is 19.0. The number of hydrogen-bond donors (Lipinski definition) is 1.